The van der Waals surface area contributed by atoms with Crippen LogP contribution in [0.4, 0.5) is 5.69 Å². The van der Waals surface area contributed by atoms with E-state index in [1.807, 2.05) is 36.9 Å². The van der Waals surface area contributed by atoms with E-state index < -0.39 is 0 Å². The average Bonchev–Trinajstić information content (AvgIpc) is 2.96. The summed E-state index contributed by atoms with van der Waals surface area (Å²) >= 11 is 1.83. The first kappa shape index (κ1) is 15.0. The SMILES string of the molecule is Cc1ccc(NC(=O)C2CCSC2)c(C#CCCO)c1. The second-order valence-electron chi connectivity index (χ2n) is 4.87. The van der Waals surface area contributed by atoms with Crippen LogP contribution < -0.4 is 5.32 Å². The Balaban J connectivity index is 2.14. The van der Waals surface area contributed by atoms with Crippen molar-refractivity contribution in [3.8, 4) is 11.8 Å². The summed E-state index contributed by atoms with van der Waals surface area (Å²) in [6.07, 6.45) is 1.40. The first-order valence-electron chi connectivity index (χ1n) is 6.79. The van der Waals surface area contributed by atoms with Crippen molar-refractivity contribution in [3.05, 3.63) is 29.3 Å². The average molecular weight is 289 g/mol. The number of hydrogen-bond donors (Lipinski definition) is 2. The molecule has 0 spiro atoms. The third-order valence-electron chi connectivity index (χ3n) is 3.19. The maximum Gasteiger partial charge on any atom is 0.228 e. The summed E-state index contributed by atoms with van der Waals surface area (Å²) in [5.74, 6) is 8.10. The molecule has 2 N–H and O–H groups in total. The second-order valence-corrected chi connectivity index (χ2v) is 6.02. The van der Waals surface area contributed by atoms with Gasteiger partial charge in [-0.2, -0.15) is 11.8 Å². The number of anilines is 1. The third-order valence-corrected chi connectivity index (χ3v) is 4.36. The summed E-state index contributed by atoms with van der Waals surface area (Å²) in [5, 5.41) is 11.8. The summed E-state index contributed by atoms with van der Waals surface area (Å²) in [6.45, 7) is 2.05. The molecule has 106 valence electrons. The van der Waals surface area contributed by atoms with E-state index in [0.29, 0.717) is 6.42 Å². The molecule has 0 saturated carbocycles. The summed E-state index contributed by atoms with van der Waals surface area (Å²) < 4.78 is 0. The molecule has 4 heteroatoms. The zero-order valence-electron chi connectivity index (χ0n) is 11.6. The molecule has 0 radical (unpaired) electrons. The van der Waals surface area contributed by atoms with E-state index in [4.69, 9.17) is 5.11 Å². The smallest absolute Gasteiger partial charge is 0.228 e. The highest BCUT2D eigenvalue weighted by Gasteiger charge is 2.23. The second kappa shape index (κ2) is 7.37. The van der Waals surface area contributed by atoms with Gasteiger partial charge in [0.1, 0.15) is 0 Å². The van der Waals surface area contributed by atoms with Crippen molar-refractivity contribution in [2.45, 2.75) is 19.8 Å². The van der Waals surface area contributed by atoms with Crippen molar-refractivity contribution >= 4 is 23.4 Å². The highest BCUT2D eigenvalue weighted by molar-refractivity contribution is 7.99. The van der Waals surface area contributed by atoms with E-state index in [2.05, 4.69) is 17.2 Å². The Hall–Kier alpha value is -1.44. The van der Waals surface area contributed by atoms with Crippen LogP contribution in [-0.2, 0) is 4.79 Å². The van der Waals surface area contributed by atoms with Crippen LogP contribution in [0.5, 0.6) is 0 Å². The van der Waals surface area contributed by atoms with Crippen LogP contribution in [0.3, 0.4) is 0 Å². The molecule has 1 unspecified atom stereocenters. The number of carbonyl (C=O) groups excluding carboxylic acids is 1. The zero-order valence-corrected chi connectivity index (χ0v) is 12.4. The standard InChI is InChI=1S/C16H19NO2S/c1-12-5-6-15(13(10-12)4-2-3-8-18)17-16(19)14-7-9-20-11-14/h5-6,10,14,18H,3,7-9,11H2,1H3,(H,17,19). The number of amides is 1. The molecule has 2 rings (SSSR count). The fourth-order valence-corrected chi connectivity index (χ4v) is 3.28. The number of rotatable bonds is 3. The predicted molar refractivity (Wildman–Crippen MR) is 83.8 cm³/mol. The van der Waals surface area contributed by atoms with Crippen molar-refractivity contribution < 1.29 is 9.90 Å². The molecule has 1 aromatic rings. The number of nitrogens with one attached hydrogen (secondary N) is 1. The Bertz CT molecular complexity index is 539. The fourth-order valence-electron chi connectivity index (χ4n) is 2.06. The highest BCUT2D eigenvalue weighted by Crippen LogP contribution is 2.25. The molecule has 1 saturated heterocycles. The molecule has 1 amide bonds. The molecular weight excluding hydrogens is 270 g/mol. The van der Waals surface area contributed by atoms with Gasteiger partial charge >= 0.3 is 0 Å². The Morgan fingerprint density at radius 1 is 1.55 bits per heavy atom. The van der Waals surface area contributed by atoms with Crippen LogP contribution in [0.15, 0.2) is 18.2 Å². The van der Waals surface area contributed by atoms with Gasteiger partial charge in [-0.25, -0.2) is 0 Å². The lowest BCUT2D eigenvalue weighted by molar-refractivity contribution is -0.119. The summed E-state index contributed by atoms with van der Waals surface area (Å²) in [6, 6.07) is 5.83. The van der Waals surface area contributed by atoms with Gasteiger partial charge in [0.2, 0.25) is 5.91 Å². The molecule has 1 fully saturated rings. The van der Waals surface area contributed by atoms with E-state index in [-0.39, 0.29) is 18.4 Å². The minimum atomic E-state index is 0.0554. The van der Waals surface area contributed by atoms with E-state index in [1.165, 1.54) is 0 Å². The van der Waals surface area contributed by atoms with Gasteiger partial charge in [0.15, 0.2) is 0 Å². The maximum absolute atomic E-state index is 12.2. The molecule has 0 bridgehead atoms. The number of benzene rings is 1. The number of aryl methyl sites for hydroxylation is 1. The third kappa shape index (κ3) is 4.03. The van der Waals surface area contributed by atoms with Gasteiger partial charge < -0.3 is 10.4 Å². The van der Waals surface area contributed by atoms with Crippen LogP contribution in [0.25, 0.3) is 0 Å². The van der Waals surface area contributed by atoms with Gasteiger partial charge in [0.05, 0.1) is 12.3 Å². The van der Waals surface area contributed by atoms with Crippen LogP contribution in [0.2, 0.25) is 0 Å². The molecule has 0 aromatic heterocycles. The first-order valence-corrected chi connectivity index (χ1v) is 7.95. The lowest BCUT2D eigenvalue weighted by Gasteiger charge is -2.12. The van der Waals surface area contributed by atoms with Crippen LogP contribution in [0, 0.1) is 24.7 Å². The quantitative estimate of drug-likeness (QED) is 0.840. The van der Waals surface area contributed by atoms with Crippen LogP contribution >= 0.6 is 11.8 Å². The van der Waals surface area contributed by atoms with Crippen LogP contribution in [0.1, 0.15) is 24.0 Å². The van der Waals surface area contributed by atoms with Crippen molar-refractivity contribution in [3.63, 3.8) is 0 Å². The molecule has 1 aromatic carbocycles. The normalized spacial score (nSPS) is 17.4. The Morgan fingerprint density at radius 3 is 3.10 bits per heavy atom. The molecule has 1 aliphatic heterocycles. The lowest BCUT2D eigenvalue weighted by Crippen LogP contribution is -2.22. The molecule has 20 heavy (non-hydrogen) atoms. The van der Waals surface area contributed by atoms with Crippen molar-refractivity contribution in [1.82, 2.24) is 0 Å². The molecule has 3 nitrogen and oxygen atoms in total. The maximum atomic E-state index is 12.2. The number of hydrogen-bond acceptors (Lipinski definition) is 3. The topological polar surface area (TPSA) is 49.3 Å². The number of aliphatic hydroxyl groups is 1. The van der Waals surface area contributed by atoms with Crippen LogP contribution in [-0.4, -0.2) is 29.1 Å². The van der Waals surface area contributed by atoms with Gasteiger partial charge in [-0.05, 0) is 36.8 Å². The van der Waals surface area contributed by atoms with E-state index in [1.54, 1.807) is 0 Å². The molecule has 1 heterocycles. The van der Waals surface area contributed by atoms with Gasteiger partial charge in [-0.1, -0.05) is 17.9 Å². The van der Waals surface area contributed by atoms with E-state index >= 15 is 0 Å². The minimum absolute atomic E-state index is 0.0554. The molecule has 1 aliphatic rings. The summed E-state index contributed by atoms with van der Waals surface area (Å²) in [5.41, 5.74) is 2.69. The Kier molecular flexibility index (Phi) is 5.51. The predicted octanol–water partition coefficient (Wildman–Crippen LogP) is 2.42. The lowest BCUT2D eigenvalue weighted by atomic mass is 10.1. The molecule has 1 atom stereocenters. The fraction of sp³-hybridized carbons (Fsp3) is 0.438. The summed E-state index contributed by atoms with van der Waals surface area (Å²) in [7, 11) is 0. The molecular formula is C16H19NO2S. The minimum Gasteiger partial charge on any atom is -0.395 e. The number of thioether (sulfide) groups is 1. The monoisotopic (exact) mass is 289 g/mol. The molecule has 0 aliphatic carbocycles. The van der Waals surface area contributed by atoms with Gasteiger partial charge in [0, 0.05) is 23.7 Å². The van der Waals surface area contributed by atoms with Crippen molar-refractivity contribution in [2.75, 3.05) is 23.4 Å². The van der Waals surface area contributed by atoms with Gasteiger partial charge in [-0.15, -0.1) is 0 Å². The van der Waals surface area contributed by atoms with Crippen molar-refractivity contribution in [2.24, 2.45) is 5.92 Å². The van der Waals surface area contributed by atoms with Crippen molar-refractivity contribution in [1.29, 1.82) is 0 Å². The summed E-state index contributed by atoms with van der Waals surface area (Å²) in [4.78, 5) is 12.2. The number of carbonyl (C=O) groups is 1. The highest BCUT2D eigenvalue weighted by atomic mass is 32.2. The van der Waals surface area contributed by atoms with Gasteiger partial charge in [0.25, 0.3) is 0 Å². The first-order chi connectivity index (χ1) is 9.70. The van der Waals surface area contributed by atoms with E-state index in [0.717, 1.165) is 34.7 Å². The largest absolute Gasteiger partial charge is 0.395 e. The number of aliphatic hydroxyl groups excluding tert-OH is 1. The van der Waals surface area contributed by atoms with E-state index in [9.17, 15) is 4.79 Å². The Morgan fingerprint density at radius 2 is 2.40 bits per heavy atom. The zero-order chi connectivity index (χ0) is 14.4. The Labute approximate surface area is 124 Å². The van der Waals surface area contributed by atoms with Gasteiger partial charge in [-0.3, -0.25) is 4.79 Å².